The molecule has 0 amide bonds. The summed E-state index contributed by atoms with van der Waals surface area (Å²) in [4.78, 5) is 45.9. The van der Waals surface area contributed by atoms with E-state index in [1.807, 2.05) is 0 Å². The molecule has 1 unspecified atom stereocenters. The van der Waals surface area contributed by atoms with Crippen LogP contribution in [0.2, 0.25) is 0 Å². The standard InChI is InChI=1S/C44H82NO10P/c1-3-5-7-9-11-13-15-17-18-19-20-21-22-24-26-28-30-32-34-36-43(47)55-40(38-53-56(50,51)54-39-41(45)44(48)49)37-52-42(46)35-33-31-29-27-25-23-16-14-12-10-8-6-4-2/h14,16,19-20,40-41H,3-13,15,17-18,21-39,45H2,1-2H3,(H,48,49)(H,50,51)/b16-14-,20-19-/t40-,41+/m1/s1. The van der Waals surface area contributed by atoms with Crippen molar-refractivity contribution in [3.05, 3.63) is 24.3 Å². The third kappa shape index (κ3) is 38.8. The number of hydrogen-bond acceptors (Lipinski definition) is 9. The number of carboxylic acids is 1. The summed E-state index contributed by atoms with van der Waals surface area (Å²) in [7, 11) is -4.72. The number of phosphoric ester groups is 1. The number of carbonyl (C=O) groups is 3. The number of aliphatic carboxylic acids is 1. The lowest BCUT2D eigenvalue weighted by Crippen LogP contribution is -2.34. The van der Waals surface area contributed by atoms with Gasteiger partial charge in [0.25, 0.3) is 0 Å². The van der Waals surface area contributed by atoms with E-state index in [2.05, 4.69) is 42.7 Å². The molecule has 0 aliphatic rings. The number of phosphoric acid groups is 1. The Hall–Kier alpha value is -2.04. The van der Waals surface area contributed by atoms with Gasteiger partial charge in [-0.2, -0.15) is 0 Å². The lowest BCUT2D eigenvalue weighted by atomic mass is 10.1. The molecule has 0 bridgehead atoms. The van der Waals surface area contributed by atoms with E-state index in [0.29, 0.717) is 12.8 Å². The van der Waals surface area contributed by atoms with Crippen LogP contribution in [0.1, 0.15) is 206 Å². The molecule has 328 valence electrons. The van der Waals surface area contributed by atoms with Crippen LogP contribution in [0.25, 0.3) is 0 Å². The van der Waals surface area contributed by atoms with E-state index in [1.54, 1.807) is 0 Å². The molecular formula is C44H82NO10P. The number of carboxylic acid groups (broad SMARTS) is 1. The van der Waals surface area contributed by atoms with Crippen molar-refractivity contribution in [1.29, 1.82) is 0 Å². The summed E-state index contributed by atoms with van der Waals surface area (Å²) in [5.41, 5.74) is 5.33. The fourth-order valence-corrected chi connectivity index (χ4v) is 6.89. The molecule has 0 heterocycles. The molecule has 4 N–H and O–H groups in total. The van der Waals surface area contributed by atoms with Gasteiger partial charge < -0.3 is 25.2 Å². The lowest BCUT2D eigenvalue weighted by Gasteiger charge is -2.20. The van der Waals surface area contributed by atoms with Gasteiger partial charge in [0, 0.05) is 12.8 Å². The van der Waals surface area contributed by atoms with Gasteiger partial charge in [-0.15, -0.1) is 0 Å². The van der Waals surface area contributed by atoms with Crippen LogP contribution < -0.4 is 5.73 Å². The zero-order valence-corrected chi connectivity index (χ0v) is 36.4. The largest absolute Gasteiger partial charge is 0.480 e. The van der Waals surface area contributed by atoms with Crippen LogP contribution >= 0.6 is 7.82 Å². The molecule has 0 aliphatic heterocycles. The Kier molecular flexibility index (Phi) is 38.3. The van der Waals surface area contributed by atoms with Crippen molar-refractivity contribution < 1.29 is 47.5 Å². The Morgan fingerprint density at radius 1 is 0.536 bits per heavy atom. The van der Waals surface area contributed by atoms with Crippen LogP contribution in [0.3, 0.4) is 0 Å². The van der Waals surface area contributed by atoms with E-state index in [9.17, 15) is 23.8 Å². The minimum absolute atomic E-state index is 0.156. The van der Waals surface area contributed by atoms with Gasteiger partial charge in [0.2, 0.25) is 0 Å². The third-order valence-corrected chi connectivity index (χ3v) is 10.6. The number of hydrogen-bond donors (Lipinski definition) is 3. The zero-order valence-electron chi connectivity index (χ0n) is 35.5. The number of esters is 2. The van der Waals surface area contributed by atoms with Gasteiger partial charge in [0.05, 0.1) is 13.2 Å². The SMILES string of the molecule is CCCCCC/C=C\CCCCCCCC(=O)OC[C@H](COP(=O)(O)OC[C@H](N)C(=O)O)OC(=O)CCCCCCCCC/C=C\CCCCCCCCCC. The number of rotatable bonds is 42. The first-order chi connectivity index (χ1) is 27.1. The second-order valence-corrected chi connectivity index (χ2v) is 16.6. The number of unbranched alkanes of at least 4 members (excludes halogenated alkanes) is 24. The van der Waals surface area contributed by atoms with Crippen LogP contribution in [0.15, 0.2) is 24.3 Å². The van der Waals surface area contributed by atoms with E-state index in [-0.39, 0.29) is 19.4 Å². The van der Waals surface area contributed by atoms with E-state index >= 15 is 0 Å². The molecule has 0 aromatic carbocycles. The summed E-state index contributed by atoms with van der Waals surface area (Å²) in [6.45, 7) is 2.79. The lowest BCUT2D eigenvalue weighted by molar-refractivity contribution is -0.161. The number of ether oxygens (including phenoxy) is 2. The van der Waals surface area contributed by atoms with E-state index in [0.717, 1.165) is 64.2 Å². The van der Waals surface area contributed by atoms with E-state index in [1.165, 1.54) is 103 Å². The molecule has 0 aliphatic carbocycles. The van der Waals surface area contributed by atoms with Gasteiger partial charge in [-0.25, -0.2) is 4.57 Å². The van der Waals surface area contributed by atoms with Crippen molar-refractivity contribution in [3.8, 4) is 0 Å². The van der Waals surface area contributed by atoms with Crippen molar-refractivity contribution >= 4 is 25.7 Å². The van der Waals surface area contributed by atoms with Gasteiger partial charge in [0.15, 0.2) is 6.10 Å². The highest BCUT2D eigenvalue weighted by Gasteiger charge is 2.28. The van der Waals surface area contributed by atoms with Gasteiger partial charge in [0.1, 0.15) is 12.6 Å². The molecule has 0 spiro atoms. The first kappa shape index (κ1) is 54.0. The van der Waals surface area contributed by atoms with E-state index < -0.39 is 51.1 Å². The Balaban J connectivity index is 4.33. The Morgan fingerprint density at radius 3 is 1.32 bits per heavy atom. The van der Waals surface area contributed by atoms with E-state index in [4.69, 9.17) is 24.8 Å². The smallest absolute Gasteiger partial charge is 0.472 e. The first-order valence-corrected chi connectivity index (χ1v) is 23.9. The summed E-state index contributed by atoms with van der Waals surface area (Å²) in [6, 6.07) is -1.52. The van der Waals surface area contributed by atoms with Crippen molar-refractivity contribution in [1.82, 2.24) is 0 Å². The first-order valence-electron chi connectivity index (χ1n) is 22.4. The van der Waals surface area contributed by atoms with Crippen LogP contribution in [0, 0.1) is 0 Å². The van der Waals surface area contributed by atoms with Crippen LogP contribution in [0.4, 0.5) is 0 Å². The second kappa shape index (κ2) is 39.8. The molecule has 0 aromatic heterocycles. The monoisotopic (exact) mass is 816 g/mol. The van der Waals surface area contributed by atoms with Gasteiger partial charge in [-0.1, -0.05) is 154 Å². The summed E-state index contributed by atoms with van der Waals surface area (Å²) in [5, 5.41) is 8.89. The maximum Gasteiger partial charge on any atom is 0.472 e. The fourth-order valence-electron chi connectivity index (χ4n) is 6.11. The molecule has 0 saturated carbocycles. The Labute approximate surface area is 340 Å². The molecule has 11 nitrogen and oxygen atoms in total. The molecule has 3 atom stereocenters. The molecule has 0 rings (SSSR count). The summed E-state index contributed by atoms with van der Waals surface area (Å²) >= 11 is 0. The summed E-state index contributed by atoms with van der Waals surface area (Å²) in [6.07, 6.45) is 41.0. The fraction of sp³-hybridized carbons (Fsp3) is 0.841. The Morgan fingerprint density at radius 2 is 0.893 bits per heavy atom. The minimum Gasteiger partial charge on any atom is -0.480 e. The number of nitrogens with two attached hydrogens (primary N) is 1. The van der Waals surface area contributed by atoms with Crippen LogP contribution in [-0.4, -0.2) is 59.9 Å². The van der Waals surface area contributed by atoms with Gasteiger partial charge in [-0.3, -0.25) is 23.4 Å². The molecule has 0 fully saturated rings. The van der Waals surface area contributed by atoms with Gasteiger partial charge in [-0.05, 0) is 64.2 Å². The molecule has 0 aromatic rings. The summed E-state index contributed by atoms with van der Waals surface area (Å²) < 4.78 is 32.7. The van der Waals surface area contributed by atoms with Crippen molar-refractivity contribution in [2.45, 2.75) is 219 Å². The molecular weight excluding hydrogens is 733 g/mol. The highest BCUT2D eigenvalue weighted by Crippen LogP contribution is 2.43. The minimum atomic E-state index is -4.72. The third-order valence-electron chi connectivity index (χ3n) is 9.67. The molecule has 0 radical (unpaired) electrons. The number of carbonyl (C=O) groups excluding carboxylic acids is 2. The summed E-state index contributed by atoms with van der Waals surface area (Å²) in [5.74, 6) is -2.39. The second-order valence-electron chi connectivity index (χ2n) is 15.2. The quantitative estimate of drug-likeness (QED) is 0.0232. The highest BCUT2D eigenvalue weighted by molar-refractivity contribution is 7.47. The maximum absolute atomic E-state index is 12.6. The van der Waals surface area contributed by atoms with Gasteiger partial charge >= 0.3 is 25.7 Å². The van der Waals surface area contributed by atoms with Crippen molar-refractivity contribution in [2.24, 2.45) is 5.73 Å². The molecule has 0 saturated heterocycles. The van der Waals surface area contributed by atoms with Crippen LogP contribution in [-0.2, 0) is 37.5 Å². The Bertz CT molecular complexity index is 1050. The predicted octanol–water partition coefficient (Wildman–Crippen LogP) is 11.8. The van der Waals surface area contributed by atoms with Crippen molar-refractivity contribution in [2.75, 3.05) is 19.8 Å². The average molecular weight is 816 g/mol. The maximum atomic E-state index is 12.6. The predicted molar refractivity (Wildman–Crippen MR) is 226 cm³/mol. The normalized spacial score (nSPS) is 13.9. The zero-order chi connectivity index (χ0) is 41.4. The number of allylic oxidation sites excluding steroid dienone is 4. The average Bonchev–Trinajstić information content (AvgIpc) is 3.17. The topological polar surface area (TPSA) is 172 Å². The van der Waals surface area contributed by atoms with Crippen LogP contribution in [0.5, 0.6) is 0 Å². The van der Waals surface area contributed by atoms with Crippen molar-refractivity contribution in [3.63, 3.8) is 0 Å². The molecule has 56 heavy (non-hydrogen) atoms. The molecule has 12 heteroatoms. The highest BCUT2D eigenvalue weighted by atomic mass is 31.2.